The molecule has 0 saturated carbocycles. The maximum Gasteiger partial charge on any atom is 0.295 e. The van der Waals surface area contributed by atoms with Gasteiger partial charge in [0.05, 0.1) is 18.7 Å². The minimum Gasteiger partial charge on any atom is -0.507 e. The summed E-state index contributed by atoms with van der Waals surface area (Å²) in [6.45, 7) is 2.13. The molecule has 2 aromatic carbocycles. The number of aliphatic hydroxyl groups excluding tert-OH is 1. The Morgan fingerprint density at radius 3 is 2.39 bits per heavy atom. The van der Waals surface area contributed by atoms with Crippen molar-refractivity contribution in [3.8, 4) is 5.75 Å². The first-order valence-electron chi connectivity index (χ1n) is 9.88. The second kappa shape index (κ2) is 8.44. The van der Waals surface area contributed by atoms with Gasteiger partial charge in [0.15, 0.2) is 0 Å². The summed E-state index contributed by atoms with van der Waals surface area (Å²) in [4.78, 5) is 31.6. The summed E-state index contributed by atoms with van der Waals surface area (Å²) in [6, 6.07) is 17.2. The van der Waals surface area contributed by atoms with Gasteiger partial charge in [-0.3, -0.25) is 14.6 Å². The Labute approximate surface area is 180 Å². The van der Waals surface area contributed by atoms with E-state index in [-0.39, 0.29) is 17.9 Å². The fraction of sp³-hybridized carbons (Fsp3) is 0.160. The highest BCUT2D eigenvalue weighted by atomic mass is 16.5. The summed E-state index contributed by atoms with van der Waals surface area (Å²) in [7, 11) is 1.57. The van der Waals surface area contributed by atoms with Crippen molar-refractivity contribution in [1.82, 2.24) is 9.88 Å². The number of ketones is 1. The highest BCUT2D eigenvalue weighted by Crippen LogP contribution is 2.40. The zero-order chi connectivity index (χ0) is 22.0. The van der Waals surface area contributed by atoms with E-state index in [1.54, 1.807) is 62.0 Å². The lowest BCUT2D eigenvalue weighted by molar-refractivity contribution is -0.140. The number of carbonyl (C=O) groups is 2. The molecule has 0 aliphatic carbocycles. The SMILES string of the molecule is COc1ccc(C2/C(=C(/O)c3ccc(C)cc3)C(=O)C(=O)N2Cc2cccnc2)cc1. The number of hydrogen-bond acceptors (Lipinski definition) is 5. The zero-order valence-corrected chi connectivity index (χ0v) is 17.3. The van der Waals surface area contributed by atoms with E-state index in [4.69, 9.17) is 4.74 Å². The maximum absolute atomic E-state index is 13.0. The minimum atomic E-state index is -0.729. The van der Waals surface area contributed by atoms with Crippen molar-refractivity contribution in [3.05, 3.63) is 101 Å². The number of aromatic nitrogens is 1. The van der Waals surface area contributed by atoms with Crippen LogP contribution >= 0.6 is 0 Å². The van der Waals surface area contributed by atoms with Crippen molar-refractivity contribution in [1.29, 1.82) is 0 Å². The number of Topliss-reactive ketones (excluding diaryl/α,β-unsaturated/α-hetero) is 1. The molecule has 1 unspecified atom stereocenters. The molecule has 1 saturated heterocycles. The van der Waals surface area contributed by atoms with Gasteiger partial charge < -0.3 is 14.7 Å². The number of pyridine rings is 1. The molecule has 1 amide bonds. The number of nitrogens with zero attached hydrogens (tertiary/aromatic N) is 2. The van der Waals surface area contributed by atoms with Crippen molar-refractivity contribution in [2.24, 2.45) is 0 Å². The molecule has 1 N–H and O–H groups in total. The van der Waals surface area contributed by atoms with Gasteiger partial charge in [0, 0.05) is 24.5 Å². The lowest BCUT2D eigenvalue weighted by Crippen LogP contribution is -2.29. The highest BCUT2D eigenvalue weighted by molar-refractivity contribution is 6.46. The molecule has 2 heterocycles. The molecule has 0 radical (unpaired) electrons. The Bertz CT molecular complexity index is 1140. The predicted molar refractivity (Wildman–Crippen MR) is 116 cm³/mol. The maximum atomic E-state index is 13.0. The molecule has 1 aromatic heterocycles. The first-order valence-corrected chi connectivity index (χ1v) is 9.88. The molecule has 4 rings (SSSR count). The van der Waals surface area contributed by atoms with Crippen LogP contribution in [0.2, 0.25) is 0 Å². The second-order valence-electron chi connectivity index (χ2n) is 7.43. The highest BCUT2D eigenvalue weighted by Gasteiger charge is 2.46. The van der Waals surface area contributed by atoms with E-state index < -0.39 is 17.7 Å². The van der Waals surface area contributed by atoms with Crippen LogP contribution in [0.15, 0.2) is 78.6 Å². The molecule has 3 aromatic rings. The molecule has 1 aliphatic heterocycles. The first-order chi connectivity index (χ1) is 15.0. The monoisotopic (exact) mass is 414 g/mol. The van der Waals surface area contributed by atoms with Crippen molar-refractivity contribution >= 4 is 17.4 Å². The van der Waals surface area contributed by atoms with Gasteiger partial charge in [-0.2, -0.15) is 0 Å². The third-order valence-corrected chi connectivity index (χ3v) is 5.37. The van der Waals surface area contributed by atoms with E-state index in [1.165, 1.54) is 4.90 Å². The third kappa shape index (κ3) is 3.92. The molecule has 6 heteroatoms. The summed E-state index contributed by atoms with van der Waals surface area (Å²) in [5.74, 6) is -0.888. The molecular weight excluding hydrogens is 392 g/mol. The number of benzene rings is 2. The number of ether oxygens (including phenoxy) is 1. The molecule has 1 fully saturated rings. The van der Waals surface area contributed by atoms with E-state index in [1.807, 2.05) is 25.1 Å². The number of amides is 1. The van der Waals surface area contributed by atoms with E-state index in [2.05, 4.69) is 4.98 Å². The van der Waals surface area contributed by atoms with Gasteiger partial charge in [0.2, 0.25) is 0 Å². The number of likely N-dealkylation sites (tertiary alicyclic amines) is 1. The number of aliphatic hydroxyl groups is 1. The normalized spacial score (nSPS) is 17.7. The van der Waals surface area contributed by atoms with Crippen molar-refractivity contribution in [2.45, 2.75) is 19.5 Å². The molecule has 1 aliphatic rings. The third-order valence-electron chi connectivity index (χ3n) is 5.37. The Balaban J connectivity index is 1.85. The van der Waals surface area contributed by atoms with Crippen LogP contribution in [-0.4, -0.2) is 33.8 Å². The van der Waals surface area contributed by atoms with Gasteiger partial charge in [-0.25, -0.2) is 0 Å². The van der Waals surface area contributed by atoms with Crippen molar-refractivity contribution in [2.75, 3.05) is 7.11 Å². The van der Waals surface area contributed by atoms with Gasteiger partial charge in [0.1, 0.15) is 11.5 Å². The number of rotatable bonds is 5. The number of methoxy groups -OCH3 is 1. The summed E-state index contributed by atoms with van der Waals surface area (Å²) < 4.78 is 5.23. The van der Waals surface area contributed by atoms with Crippen molar-refractivity contribution < 1.29 is 19.4 Å². The van der Waals surface area contributed by atoms with Crippen LogP contribution in [0, 0.1) is 6.92 Å². The molecule has 1 atom stereocenters. The number of aryl methyl sites for hydroxylation is 1. The van der Waals surface area contributed by atoms with E-state index in [9.17, 15) is 14.7 Å². The fourth-order valence-electron chi connectivity index (χ4n) is 3.73. The average molecular weight is 414 g/mol. The fourth-order valence-corrected chi connectivity index (χ4v) is 3.73. The minimum absolute atomic E-state index is 0.0721. The summed E-state index contributed by atoms with van der Waals surface area (Å²) in [5.41, 5.74) is 3.09. The molecule has 0 spiro atoms. The standard InChI is InChI=1S/C25H22N2O4/c1-16-5-7-19(8-6-16)23(28)21-22(18-9-11-20(31-2)12-10-18)27(25(30)24(21)29)15-17-4-3-13-26-14-17/h3-14,22,28H,15H2,1-2H3/b23-21-. The van der Waals surface area contributed by atoms with Gasteiger partial charge in [-0.05, 0) is 36.2 Å². The Morgan fingerprint density at radius 1 is 1.06 bits per heavy atom. The lowest BCUT2D eigenvalue weighted by Gasteiger charge is -2.25. The number of hydrogen-bond donors (Lipinski definition) is 1. The van der Waals surface area contributed by atoms with Crippen LogP contribution in [-0.2, 0) is 16.1 Å². The van der Waals surface area contributed by atoms with Gasteiger partial charge >= 0.3 is 0 Å². The smallest absolute Gasteiger partial charge is 0.295 e. The molecule has 31 heavy (non-hydrogen) atoms. The molecule has 156 valence electrons. The zero-order valence-electron chi connectivity index (χ0n) is 17.3. The van der Waals surface area contributed by atoms with Crippen LogP contribution in [0.4, 0.5) is 0 Å². The van der Waals surface area contributed by atoms with Gasteiger partial charge in [-0.15, -0.1) is 0 Å². The van der Waals surface area contributed by atoms with Crippen LogP contribution in [0.1, 0.15) is 28.3 Å². The molecule has 6 nitrogen and oxygen atoms in total. The average Bonchev–Trinajstić information content (AvgIpc) is 3.05. The Morgan fingerprint density at radius 2 is 1.77 bits per heavy atom. The molecular formula is C25H22N2O4. The summed E-state index contributed by atoms with van der Waals surface area (Å²) in [6.07, 6.45) is 3.31. The Hall–Kier alpha value is -3.93. The lowest BCUT2D eigenvalue weighted by atomic mass is 9.95. The van der Waals surface area contributed by atoms with Gasteiger partial charge in [0.25, 0.3) is 11.7 Å². The topological polar surface area (TPSA) is 79.7 Å². The van der Waals surface area contributed by atoms with Crippen LogP contribution in [0.5, 0.6) is 5.75 Å². The number of carbonyl (C=O) groups excluding carboxylic acids is 2. The largest absolute Gasteiger partial charge is 0.507 e. The van der Waals surface area contributed by atoms with E-state index in [0.717, 1.165) is 11.1 Å². The summed E-state index contributed by atoms with van der Waals surface area (Å²) >= 11 is 0. The van der Waals surface area contributed by atoms with E-state index in [0.29, 0.717) is 16.9 Å². The van der Waals surface area contributed by atoms with Crippen LogP contribution < -0.4 is 4.74 Å². The second-order valence-corrected chi connectivity index (χ2v) is 7.43. The van der Waals surface area contributed by atoms with Crippen molar-refractivity contribution in [3.63, 3.8) is 0 Å². The first kappa shape index (κ1) is 20.3. The summed E-state index contributed by atoms with van der Waals surface area (Å²) in [5, 5.41) is 11.1. The quantitative estimate of drug-likeness (QED) is 0.388. The van der Waals surface area contributed by atoms with Gasteiger partial charge in [-0.1, -0.05) is 48.0 Å². The van der Waals surface area contributed by atoms with E-state index >= 15 is 0 Å². The Kier molecular flexibility index (Phi) is 5.54. The molecule has 0 bridgehead atoms. The van der Waals surface area contributed by atoms with Crippen LogP contribution in [0.25, 0.3) is 5.76 Å². The predicted octanol–water partition coefficient (Wildman–Crippen LogP) is 4.02. The van der Waals surface area contributed by atoms with Crippen LogP contribution in [0.3, 0.4) is 0 Å².